The maximum Gasteiger partial charge on any atom is 0.128 e. The van der Waals surface area contributed by atoms with E-state index in [1.54, 1.807) is 12.3 Å². The Bertz CT molecular complexity index is 358. The van der Waals surface area contributed by atoms with Gasteiger partial charge in [-0.1, -0.05) is 6.92 Å². The molecule has 2 rings (SSSR count). The first-order chi connectivity index (χ1) is 8.28. The minimum absolute atomic E-state index is 0.229. The number of likely N-dealkylation sites (N-methyl/N-ethyl adjacent to an activating group) is 1. The average Bonchev–Trinajstić information content (AvgIpc) is 2.37. The number of nitrogens with one attached hydrogen (secondary N) is 1. The van der Waals surface area contributed by atoms with E-state index in [1.165, 1.54) is 0 Å². The average molecular weight is 236 g/mol. The number of nitrogens with zero attached hydrogens (tertiary/aromatic N) is 2. The van der Waals surface area contributed by atoms with Crippen molar-refractivity contribution in [3.05, 3.63) is 18.3 Å². The summed E-state index contributed by atoms with van der Waals surface area (Å²) in [5, 5.41) is 3.26. The SMILES string of the molecule is CCN1CCOC(CNc2cc(N)ccn2)C1. The van der Waals surface area contributed by atoms with Crippen molar-refractivity contribution in [1.82, 2.24) is 9.88 Å². The number of nitrogens with two attached hydrogens (primary N) is 1. The Labute approximate surface area is 102 Å². The molecule has 0 aliphatic carbocycles. The minimum Gasteiger partial charge on any atom is -0.399 e. The van der Waals surface area contributed by atoms with E-state index in [2.05, 4.69) is 22.1 Å². The molecule has 1 aromatic rings. The van der Waals surface area contributed by atoms with E-state index in [-0.39, 0.29) is 6.10 Å². The van der Waals surface area contributed by atoms with Gasteiger partial charge >= 0.3 is 0 Å². The van der Waals surface area contributed by atoms with E-state index >= 15 is 0 Å². The predicted molar refractivity (Wildman–Crippen MR) is 69.0 cm³/mol. The highest BCUT2D eigenvalue weighted by atomic mass is 16.5. The summed E-state index contributed by atoms with van der Waals surface area (Å²) in [6.45, 7) is 6.85. The number of ether oxygens (including phenoxy) is 1. The van der Waals surface area contributed by atoms with Crippen LogP contribution in [-0.2, 0) is 4.74 Å². The van der Waals surface area contributed by atoms with E-state index in [0.29, 0.717) is 0 Å². The second-order valence-corrected chi connectivity index (χ2v) is 4.24. The highest BCUT2D eigenvalue weighted by Gasteiger charge is 2.18. The van der Waals surface area contributed by atoms with Crippen molar-refractivity contribution < 1.29 is 4.74 Å². The van der Waals surface area contributed by atoms with Crippen molar-refractivity contribution in [2.24, 2.45) is 0 Å². The van der Waals surface area contributed by atoms with E-state index in [0.717, 1.165) is 44.3 Å². The molecule has 0 saturated carbocycles. The second kappa shape index (κ2) is 5.84. The van der Waals surface area contributed by atoms with Gasteiger partial charge in [0.1, 0.15) is 5.82 Å². The predicted octanol–water partition coefficient (Wildman–Crippen LogP) is 0.796. The molecule has 0 amide bonds. The number of nitrogen functional groups attached to an aromatic ring is 1. The summed E-state index contributed by atoms with van der Waals surface area (Å²) in [6.07, 6.45) is 1.93. The number of aromatic nitrogens is 1. The lowest BCUT2D eigenvalue weighted by Gasteiger charge is -2.32. The van der Waals surface area contributed by atoms with Gasteiger partial charge in [-0.3, -0.25) is 4.90 Å². The van der Waals surface area contributed by atoms with Crippen LogP contribution in [0.1, 0.15) is 6.92 Å². The molecule has 1 unspecified atom stereocenters. The number of rotatable bonds is 4. The number of hydrogen-bond acceptors (Lipinski definition) is 5. The second-order valence-electron chi connectivity index (χ2n) is 4.24. The number of pyridine rings is 1. The molecule has 1 saturated heterocycles. The molecule has 94 valence electrons. The molecule has 0 aromatic carbocycles. The molecule has 1 aromatic heterocycles. The Hall–Kier alpha value is -1.33. The molecule has 2 heterocycles. The third-order valence-electron chi connectivity index (χ3n) is 2.96. The number of morpholine rings is 1. The lowest BCUT2D eigenvalue weighted by molar-refractivity contribution is -0.0192. The van der Waals surface area contributed by atoms with Crippen LogP contribution in [0, 0.1) is 0 Å². The van der Waals surface area contributed by atoms with Gasteiger partial charge in [-0.05, 0) is 12.6 Å². The van der Waals surface area contributed by atoms with Crippen LogP contribution >= 0.6 is 0 Å². The first kappa shape index (κ1) is 12.1. The summed E-state index contributed by atoms with van der Waals surface area (Å²) in [4.78, 5) is 6.59. The van der Waals surface area contributed by atoms with E-state index in [1.807, 2.05) is 6.07 Å². The summed E-state index contributed by atoms with van der Waals surface area (Å²) < 4.78 is 5.70. The first-order valence-corrected chi connectivity index (χ1v) is 6.07. The van der Waals surface area contributed by atoms with Gasteiger partial charge in [0.15, 0.2) is 0 Å². The van der Waals surface area contributed by atoms with E-state index < -0.39 is 0 Å². The standard InChI is InChI=1S/C12H20N4O/c1-2-16-5-6-17-11(9-16)8-15-12-7-10(13)3-4-14-12/h3-4,7,11H,2,5-6,8-9H2,1H3,(H3,13,14,15). The van der Waals surface area contributed by atoms with Gasteiger partial charge < -0.3 is 15.8 Å². The summed E-state index contributed by atoms with van der Waals surface area (Å²) in [5.41, 5.74) is 6.42. The van der Waals surface area contributed by atoms with Crippen LogP contribution < -0.4 is 11.1 Å². The lowest BCUT2D eigenvalue weighted by atomic mass is 10.2. The third kappa shape index (κ3) is 3.57. The summed E-state index contributed by atoms with van der Waals surface area (Å²) in [6, 6.07) is 3.61. The fraction of sp³-hybridized carbons (Fsp3) is 0.583. The quantitative estimate of drug-likeness (QED) is 0.809. The zero-order valence-electron chi connectivity index (χ0n) is 10.2. The Morgan fingerprint density at radius 1 is 1.65 bits per heavy atom. The summed E-state index contributed by atoms with van der Waals surface area (Å²) in [7, 11) is 0. The van der Waals surface area contributed by atoms with Crippen LogP contribution in [0.25, 0.3) is 0 Å². The maximum absolute atomic E-state index is 5.70. The molecule has 5 nitrogen and oxygen atoms in total. The van der Waals surface area contributed by atoms with E-state index in [4.69, 9.17) is 10.5 Å². The molecule has 1 aliphatic rings. The highest BCUT2D eigenvalue weighted by molar-refractivity contribution is 5.48. The number of anilines is 2. The molecule has 0 spiro atoms. The summed E-state index contributed by atoms with van der Waals surface area (Å²) in [5.74, 6) is 0.808. The van der Waals surface area contributed by atoms with Crippen LogP contribution in [0.2, 0.25) is 0 Å². The first-order valence-electron chi connectivity index (χ1n) is 6.07. The normalized spacial score (nSPS) is 21.4. The van der Waals surface area contributed by atoms with Crippen LogP contribution in [-0.4, -0.2) is 48.8 Å². The maximum atomic E-state index is 5.70. The smallest absolute Gasteiger partial charge is 0.128 e. The Morgan fingerprint density at radius 3 is 3.29 bits per heavy atom. The van der Waals surface area contributed by atoms with Crippen molar-refractivity contribution in [2.45, 2.75) is 13.0 Å². The lowest BCUT2D eigenvalue weighted by Crippen LogP contribution is -2.45. The fourth-order valence-electron chi connectivity index (χ4n) is 1.95. The molecule has 1 atom stereocenters. The molecule has 0 bridgehead atoms. The van der Waals surface area contributed by atoms with Gasteiger partial charge in [-0.25, -0.2) is 4.98 Å². The zero-order valence-corrected chi connectivity index (χ0v) is 10.2. The van der Waals surface area contributed by atoms with Crippen molar-refractivity contribution >= 4 is 11.5 Å². The molecule has 5 heteroatoms. The molecule has 1 aliphatic heterocycles. The van der Waals surface area contributed by atoms with Gasteiger partial charge in [0.05, 0.1) is 12.7 Å². The molecule has 17 heavy (non-hydrogen) atoms. The van der Waals surface area contributed by atoms with Gasteiger partial charge in [0, 0.05) is 37.6 Å². The molecular formula is C12H20N4O. The highest BCUT2D eigenvalue weighted by Crippen LogP contribution is 2.10. The Morgan fingerprint density at radius 2 is 2.53 bits per heavy atom. The van der Waals surface area contributed by atoms with E-state index in [9.17, 15) is 0 Å². The Kier molecular flexibility index (Phi) is 4.17. The fourth-order valence-corrected chi connectivity index (χ4v) is 1.95. The topological polar surface area (TPSA) is 63.4 Å². The van der Waals surface area contributed by atoms with Crippen molar-refractivity contribution in [2.75, 3.05) is 43.8 Å². The van der Waals surface area contributed by atoms with Crippen molar-refractivity contribution in [3.63, 3.8) is 0 Å². The van der Waals surface area contributed by atoms with Crippen LogP contribution in [0.15, 0.2) is 18.3 Å². The van der Waals surface area contributed by atoms with Crippen molar-refractivity contribution in [1.29, 1.82) is 0 Å². The van der Waals surface area contributed by atoms with Crippen LogP contribution in [0.3, 0.4) is 0 Å². The monoisotopic (exact) mass is 236 g/mol. The minimum atomic E-state index is 0.229. The van der Waals surface area contributed by atoms with Crippen molar-refractivity contribution in [3.8, 4) is 0 Å². The van der Waals surface area contributed by atoms with Gasteiger partial charge in [0.2, 0.25) is 0 Å². The number of hydrogen-bond donors (Lipinski definition) is 2. The molecule has 0 radical (unpaired) electrons. The Balaban J connectivity index is 1.81. The zero-order chi connectivity index (χ0) is 12.1. The van der Waals surface area contributed by atoms with Gasteiger partial charge in [0.25, 0.3) is 0 Å². The molecule has 1 fully saturated rings. The third-order valence-corrected chi connectivity index (χ3v) is 2.96. The van der Waals surface area contributed by atoms with Gasteiger partial charge in [-0.15, -0.1) is 0 Å². The van der Waals surface area contributed by atoms with Gasteiger partial charge in [-0.2, -0.15) is 0 Å². The van der Waals surface area contributed by atoms with Crippen LogP contribution in [0.5, 0.6) is 0 Å². The van der Waals surface area contributed by atoms with Crippen LogP contribution in [0.4, 0.5) is 11.5 Å². The molecule has 3 N–H and O–H groups in total. The molecular weight excluding hydrogens is 216 g/mol. The largest absolute Gasteiger partial charge is 0.399 e. The summed E-state index contributed by atoms with van der Waals surface area (Å²) >= 11 is 0.